The number of thioether (sulfide) groups is 1. The van der Waals surface area contributed by atoms with Crippen LogP contribution in [0.5, 0.6) is 5.75 Å². The molecule has 2 aromatic carbocycles. The number of carbonyl (C=O) groups is 1. The van der Waals surface area contributed by atoms with Crippen molar-refractivity contribution in [2.24, 2.45) is 0 Å². The van der Waals surface area contributed by atoms with Crippen LogP contribution in [0.15, 0.2) is 59.6 Å². The molecular weight excluding hydrogens is 365 g/mol. The Morgan fingerprint density at radius 1 is 1.15 bits per heavy atom. The molecule has 5 nitrogen and oxygen atoms in total. The number of halogens is 1. The van der Waals surface area contributed by atoms with E-state index in [9.17, 15) is 9.18 Å². The lowest BCUT2D eigenvalue weighted by Gasteiger charge is -2.10. The molecule has 0 spiro atoms. The van der Waals surface area contributed by atoms with Crippen LogP contribution in [-0.2, 0) is 4.79 Å². The Kier molecular flexibility index (Phi) is 6.03. The predicted molar refractivity (Wildman–Crippen MR) is 105 cm³/mol. The molecule has 0 aliphatic rings. The number of nitrogens with one attached hydrogen (secondary N) is 1. The first-order chi connectivity index (χ1) is 13.0. The van der Waals surface area contributed by atoms with Crippen LogP contribution in [0.4, 0.5) is 10.1 Å². The summed E-state index contributed by atoms with van der Waals surface area (Å²) in [5, 5.41) is 3.47. The fourth-order valence-corrected chi connectivity index (χ4v) is 3.20. The summed E-state index contributed by atoms with van der Waals surface area (Å²) in [6, 6.07) is 15.1. The highest BCUT2D eigenvalue weighted by Gasteiger charge is 2.10. The maximum atomic E-state index is 13.5. The fraction of sp³-hybridized carbons (Fsp3) is 0.150. The molecule has 3 aromatic rings. The summed E-state index contributed by atoms with van der Waals surface area (Å²) in [5.74, 6) is 0.692. The Bertz CT molecular complexity index is 965. The topological polar surface area (TPSA) is 64.1 Å². The highest BCUT2D eigenvalue weighted by atomic mass is 32.2. The van der Waals surface area contributed by atoms with E-state index >= 15 is 0 Å². The molecule has 138 valence electrons. The van der Waals surface area contributed by atoms with Crippen molar-refractivity contribution in [3.8, 4) is 17.1 Å². The zero-order chi connectivity index (χ0) is 19.2. The van der Waals surface area contributed by atoms with E-state index in [0.717, 1.165) is 5.69 Å². The summed E-state index contributed by atoms with van der Waals surface area (Å²) in [5.41, 5.74) is 1.96. The molecule has 0 saturated heterocycles. The lowest BCUT2D eigenvalue weighted by atomic mass is 10.2. The van der Waals surface area contributed by atoms with Gasteiger partial charge in [-0.25, -0.2) is 14.4 Å². The van der Waals surface area contributed by atoms with Crippen LogP contribution in [-0.4, -0.2) is 28.7 Å². The Hall–Kier alpha value is -2.93. The van der Waals surface area contributed by atoms with E-state index in [1.807, 2.05) is 19.1 Å². The molecule has 1 amide bonds. The van der Waals surface area contributed by atoms with Gasteiger partial charge in [-0.1, -0.05) is 36.0 Å². The number of nitrogens with zero attached hydrogens (tertiary/aromatic N) is 2. The Morgan fingerprint density at radius 3 is 2.74 bits per heavy atom. The van der Waals surface area contributed by atoms with Gasteiger partial charge in [-0.05, 0) is 37.3 Å². The molecule has 0 atom stereocenters. The van der Waals surface area contributed by atoms with Crippen LogP contribution < -0.4 is 10.1 Å². The summed E-state index contributed by atoms with van der Waals surface area (Å²) in [6.45, 7) is 1.84. The minimum Gasteiger partial charge on any atom is -0.495 e. The lowest BCUT2D eigenvalue weighted by Crippen LogP contribution is -2.14. The third-order valence-corrected chi connectivity index (χ3v) is 4.56. The average Bonchev–Trinajstić information content (AvgIpc) is 2.66. The molecule has 0 radical (unpaired) electrons. The molecule has 3 rings (SSSR count). The fourth-order valence-electron chi connectivity index (χ4n) is 2.44. The van der Waals surface area contributed by atoms with E-state index < -0.39 is 0 Å². The molecule has 7 heteroatoms. The minimum absolute atomic E-state index is 0.173. The summed E-state index contributed by atoms with van der Waals surface area (Å²) < 4.78 is 18.7. The first-order valence-electron chi connectivity index (χ1n) is 8.22. The normalized spacial score (nSPS) is 10.5. The number of hydrogen-bond donors (Lipinski definition) is 1. The molecule has 0 saturated carbocycles. The second kappa shape index (κ2) is 8.64. The number of aryl methyl sites for hydroxylation is 1. The monoisotopic (exact) mass is 383 g/mol. The molecule has 0 aliphatic heterocycles. The van der Waals surface area contributed by atoms with Crippen LogP contribution >= 0.6 is 11.8 Å². The minimum atomic E-state index is -0.344. The molecule has 0 unspecified atom stereocenters. The van der Waals surface area contributed by atoms with Crippen molar-refractivity contribution in [2.45, 2.75) is 11.9 Å². The molecular formula is C20H18FN3O2S. The zero-order valence-electron chi connectivity index (χ0n) is 14.9. The second-order valence-corrected chi connectivity index (χ2v) is 6.71. The van der Waals surface area contributed by atoms with Crippen LogP contribution in [0.25, 0.3) is 11.4 Å². The van der Waals surface area contributed by atoms with Gasteiger partial charge in [-0.3, -0.25) is 4.79 Å². The van der Waals surface area contributed by atoms with Crippen molar-refractivity contribution in [3.63, 3.8) is 0 Å². The lowest BCUT2D eigenvalue weighted by molar-refractivity contribution is -0.113. The number of ether oxygens (including phenoxy) is 1. The van der Waals surface area contributed by atoms with Gasteiger partial charge in [-0.2, -0.15) is 0 Å². The van der Waals surface area contributed by atoms with Crippen molar-refractivity contribution in [1.29, 1.82) is 0 Å². The van der Waals surface area contributed by atoms with Crippen molar-refractivity contribution in [3.05, 3.63) is 66.1 Å². The number of amides is 1. The number of anilines is 1. The molecule has 0 fully saturated rings. The standard InChI is InChI=1S/C20H18FN3O2S/c1-13-10-19(24-20(22-13)14-6-5-7-15(21)11-14)27-12-18(25)23-16-8-3-4-9-17(16)26-2/h3-11H,12H2,1-2H3,(H,23,25). The quantitative estimate of drug-likeness (QED) is 0.507. The van der Waals surface area contributed by atoms with Crippen LogP contribution in [0, 0.1) is 12.7 Å². The van der Waals surface area contributed by atoms with Gasteiger partial charge in [0.05, 0.1) is 18.6 Å². The largest absolute Gasteiger partial charge is 0.495 e. The predicted octanol–water partition coefficient (Wildman–Crippen LogP) is 4.33. The Labute approximate surface area is 161 Å². The maximum Gasteiger partial charge on any atom is 0.234 e. The number of benzene rings is 2. The van der Waals surface area contributed by atoms with Crippen LogP contribution in [0.3, 0.4) is 0 Å². The van der Waals surface area contributed by atoms with E-state index in [1.165, 1.54) is 23.9 Å². The van der Waals surface area contributed by atoms with Crippen molar-refractivity contribution in [1.82, 2.24) is 9.97 Å². The van der Waals surface area contributed by atoms with Gasteiger partial charge in [0, 0.05) is 11.3 Å². The molecule has 0 aliphatic carbocycles. The molecule has 1 heterocycles. The summed E-state index contributed by atoms with van der Waals surface area (Å²) in [4.78, 5) is 21.1. The average molecular weight is 383 g/mol. The van der Waals surface area contributed by atoms with E-state index in [2.05, 4.69) is 15.3 Å². The highest BCUT2D eigenvalue weighted by Crippen LogP contribution is 2.25. The number of methoxy groups -OCH3 is 1. The summed E-state index contributed by atoms with van der Waals surface area (Å²) in [6.07, 6.45) is 0. The van der Waals surface area contributed by atoms with E-state index in [0.29, 0.717) is 27.9 Å². The first-order valence-corrected chi connectivity index (χ1v) is 9.21. The third-order valence-electron chi connectivity index (χ3n) is 3.65. The van der Waals surface area contributed by atoms with Gasteiger partial charge in [-0.15, -0.1) is 0 Å². The molecule has 1 N–H and O–H groups in total. The smallest absolute Gasteiger partial charge is 0.234 e. The van der Waals surface area contributed by atoms with Gasteiger partial charge < -0.3 is 10.1 Å². The third kappa shape index (κ3) is 5.04. The number of para-hydroxylation sites is 2. The van der Waals surface area contributed by atoms with Crippen molar-refractivity contribution in [2.75, 3.05) is 18.2 Å². The van der Waals surface area contributed by atoms with E-state index in [-0.39, 0.29) is 17.5 Å². The molecule has 0 bridgehead atoms. The van der Waals surface area contributed by atoms with Gasteiger partial charge >= 0.3 is 0 Å². The number of carbonyl (C=O) groups excluding carboxylic acids is 1. The Morgan fingerprint density at radius 2 is 1.96 bits per heavy atom. The molecule has 1 aromatic heterocycles. The van der Waals surface area contributed by atoms with E-state index in [1.54, 1.807) is 37.4 Å². The summed E-state index contributed by atoms with van der Waals surface area (Å²) >= 11 is 1.29. The zero-order valence-corrected chi connectivity index (χ0v) is 15.7. The number of rotatable bonds is 6. The number of hydrogen-bond acceptors (Lipinski definition) is 5. The van der Waals surface area contributed by atoms with Crippen molar-refractivity contribution < 1.29 is 13.9 Å². The van der Waals surface area contributed by atoms with Gasteiger partial charge in [0.25, 0.3) is 0 Å². The van der Waals surface area contributed by atoms with Crippen LogP contribution in [0.2, 0.25) is 0 Å². The van der Waals surface area contributed by atoms with Crippen molar-refractivity contribution >= 4 is 23.4 Å². The second-order valence-electron chi connectivity index (χ2n) is 5.72. The van der Waals surface area contributed by atoms with Gasteiger partial charge in [0.2, 0.25) is 5.91 Å². The van der Waals surface area contributed by atoms with Gasteiger partial charge in [0.1, 0.15) is 16.6 Å². The molecule has 27 heavy (non-hydrogen) atoms. The Balaban J connectivity index is 1.70. The van der Waals surface area contributed by atoms with E-state index in [4.69, 9.17) is 4.74 Å². The first kappa shape index (κ1) is 18.8. The highest BCUT2D eigenvalue weighted by molar-refractivity contribution is 7.99. The number of aromatic nitrogens is 2. The van der Waals surface area contributed by atoms with Crippen LogP contribution in [0.1, 0.15) is 5.69 Å². The summed E-state index contributed by atoms with van der Waals surface area (Å²) in [7, 11) is 1.55. The van der Waals surface area contributed by atoms with Gasteiger partial charge in [0.15, 0.2) is 5.82 Å². The maximum absolute atomic E-state index is 13.5. The SMILES string of the molecule is COc1ccccc1NC(=O)CSc1cc(C)nc(-c2cccc(F)c2)n1.